The van der Waals surface area contributed by atoms with Crippen molar-refractivity contribution in [3.8, 4) is 0 Å². The zero-order valence-corrected chi connectivity index (χ0v) is 12.5. The number of esters is 1. The normalized spacial score (nSPS) is 11.9. The molecule has 0 fully saturated rings. The standard InChI is InChI=1S/C17H15BrO2/c1-2-15(18)17(19)20-16(13-9-5-3-6-10-13)14-11-7-4-8-12-14/h2-12,15-16H,1H2. The van der Waals surface area contributed by atoms with Crippen molar-refractivity contribution in [2.24, 2.45) is 0 Å². The minimum atomic E-state index is -0.502. The van der Waals surface area contributed by atoms with Gasteiger partial charge in [0.25, 0.3) is 0 Å². The number of halogens is 1. The van der Waals surface area contributed by atoms with Gasteiger partial charge in [-0.2, -0.15) is 0 Å². The Morgan fingerprint density at radius 1 is 1.00 bits per heavy atom. The van der Waals surface area contributed by atoms with Crippen molar-refractivity contribution in [2.45, 2.75) is 10.9 Å². The van der Waals surface area contributed by atoms with Gasteiger partial charge in [-0.1, -0.05) is 82.7 Å². The van der Waals surface area contributed by atoms with Gasteiger partial charge in [0.15, 0.2) is 6.10 Å². The molecule has 0 heterocycles. The smallest absolute Gasteiger partial charge is 0.324 e. The molecule has 0 saturated heterocycles. The fourth-order valence-electron chi connectivity index (χ4n) is 1.86. The lowest BCUT2D eigenvalue weighted by Crippen LogP contribution is -2.19. The molecule has 0 saturated carbocycles. The van der Waals surface area contributed by atoms with E-state index in [0.717, 1.165) is 11.1 Å². The minimum absolute atomic E-state index is 0.349. The highest BCUT2D eigenvalue weighted by Crippen LogP contribution is 2.27. The van der Waals surface area contributed by atoms with E-state index >= 15 is 0 Å². The fraction of sp³-hybridized carbons (Fsp3) is 0.118. The van der Waals surface area contributed by atoms with Crippen molar-refractivity contribution >= 4 is 21.9 Å². The maximum Gasteiger partial charge on any atom is 0.324 e. The summed E-state index contributed by atoms with van der Waals surface area (Å²) in [4.78, 5) is 11.5. The largest absolute Gasteiger partial charge is 0.451 e. The molecule has 0 bridgehead atoms. The molecular formula is C17H15BrO2. The van der Waals surface area contributed by atoms with Gasteiger partial charge in [0.2, 0.25) is 0 Å². The van der Waals surface area contributed by atoms with Crippen LogP contribution in [0.2, 0.25) is 0 Å². The van der Waals surface area contributed by atoms with E-state index in [-0.39, 0.29) is 5.97 Å². The lowest BCUT2D eigenvalue weighted by Gasteiger charge is -2.19. The SMILES string of the molecule is C=CC(Br)C(=O)OC(c1ccccc1)c1ccccc1. The van der Waals surface area contributed by atoms with Gasteiger partial charge >= 0.3 is 5.97 Å². The van der Waals surface area contributed by atoms with Crippen LogP contribution >= 0.6 is 15.9 Å². The Bertz CT molecular complexity index is 527. The molecule has 0 aliphatic rings. The second-order valence-electron chi connectivity index (χ2n) is 4.28. The molecule has 1 atom stereocenters. The predicted molar refractivity (Wildman–Crippen MR) is 83.7 cm³/mol. The average Bonchev–Trinajstić information content (AvgIpc) is 2.53. The van der Waals surface area contributed by atoms with Crippen LogP contribution in [-0.2, 0) is 9.53 Å². The maximum absolute atomic E-state index is 12.0. The molecule has 20 heavy (non-hydrogen) atoms. The third-order valence-electron chi connectivity index (χ3n) is 2.87. The van der Waals surface area contributed by atoms with Crippen molar-refractivity contribution in [1.29, 1.82) is 0 Å². The van der Waals surface area contributed by atoms with Crippen LogP contribution in [-0.4, -0.2) is 10.8 Å². The molecule has 0 aromatic heterocycles. The van der Waals surface area contributed by atoms with Gasteiger partial charge in [0.05, 0.1) is 0 Å². The maximum atomic E-state index is 12.0. The van der Waals surface area contributed by atoms with Crippen LogP contribution in [0.1, 0.15) is 17.2 Å². The summed E-state index contributed by atoms with van der Waals surface area (Å²) in [5.41, 5.74) is 1.88. The van der Waals surface area contributed by atoms with E-state index in [1.807, 2.05) is 60.7 Å². The summed E-state index contributed by atoms with van der Waals surface area (Å²) in [6.45, 7) is 3.59. The Labute approximate surface area is 127 Å². The molecule has 0 spiro atoms. The van der Waals surface area contributed by atoms with Crippen LogP contribution in [0.5, 0.6) is 0 Å². The highest BCUT2D eigenvalue weighted by atomic mass is 79.9. The van der Waals surface area contributed by atoms with Gasteiger partial charge < -0.3 is 4.74 Å². The van der Waals surface area contributed by atoms with Gasteiger partial charge in [-0.05, 0) is 11.1 Å². The Hall–Kier alpha value is -1.87. The second kappa shape index (κ2) is 7.06. The van der Waals surface area contributed by atoms with Crippen molar-refractivity contribution in [1.82, 2.24) is 0 Å². The summed E-state index contributed by atoms with van der Waals surface area (Å²) in [6, 6.07) is 19.4. The summed E-state index contributed by atoms with van der Waals surface area (Å²) in [5, 5.41) is 0. The van der Waals surface area contributed by atoms with E-state index in [4.69, 9.17) is 4.74 Å². The molecule has 2 aromatic rings. The number of benzene rings is 2. The van der Waals surface area contributed by atoms with E-state index in [1.54, 1.807) is 0 Å². The summed E-state index contributed by atoms with van der Waals surface area (Å²) < 4.78 is 5.62. The minimum Gasteiger partial charge on any atom is -0.451 e. The molecule has 3 heteroatoms. The Morgan fingerprint density at radius 3 is 1.85 bits per heavy atom. The lowest BCUT2D eigenvalue weighted by atomic mass is 10.0. The first-order valence-corrected chi connectivity index (χ1v) is 7.21. The Kier molecular flexibility index (Phi) is 5.13. The molecule has 0 radical (unpaired) electrons. The van der Waals surface area contributed by atoms with E-state index in [1.165, 1.54) is 6.08 Å². The van der Waals surface area contributed by atoms with Crippen molar-refractivity contribution in [3.05, 3.63) is 84.4 Å². The monoisotopic (exact) mass is 330 g/mol. The van der Waals surface area contributed by atoms with Gasteiger partial charge in [-0.25, -0.2) is 0 Å². The molecule has 1 unspecified atom stereocenters. The van der Waals surface area contributed by atoms with Crippen LogP contribution in [0, 0.1) is 0 Å². The molecule has 102 valence electrons. The summed E-state index contributed by atoms with van der Waals surface area (Å²) in [7, 11) is 0. The van der Waals surface area contributed by atoms with Gasteiger partial charge in [0.1, 0.15) is 4.83 Å². The molecule has 2 aromatic carbocycles. The summed E-state index contributed by atoms with van der Waals surface area (Å²) >= 11 is 3.22. The molecule has 2 nitrogen and oxygen atoms in total. The van der Waals surface area contributed by atoms with Crippen LogP contribution < -0.4 is 0 Å². The number of ether oxygens (including phenoxy) is 1. The van der Waals surface area contributed by atoms with E-state index in [2.05, 4.69) is 22.5 Å². The van der Waals surface area contributed by atoms with Crippen LogP contribution in [0.3, 0.4) is 0 Å². The zero-order chi connectivity index (χ0) is 14.4. The number of carbonyl (C=O) groups is 1. The van der Waals surface area contributed by atoms with E-state index < -0.39 is 10.9 Å². The predicted octanol–water partition coefficient (Wildman–Crippen LogP) is 4.27. The first-order chi connectivity index (χ1) is 9.72. The molecule has 0 aliphatic carbocycles. The Balaban J connectivity index is 2.31. The number of hydrogen-bond acceptors (Lipinski definition) is 2. The van der Waals surface area contributed by atoms with Crippen molar-refractivity contribution < 1.29 is 9.53 Å². The van der Waals surface area contributed by atoms with Gasteiger partial charge in [-0.15, -0.1) is 6.58 Å². The number of alkyl halides is 1. The third kappa shape index (κ3) is 3.58. The number of carbonyl (C=O) groups excluding carboxylic acids is 1. The highest BCUT2D eigenvalue weighted by Gasteiger charge is 2.21. The fourth-order valence-corrected chi connectivity index (χ4v) is 1.97. The molecule has 0 aliphatic heterocycles. The summed E-state index contributed by atoms with van der Waals surface area (Å²) in [5.74, 6) is -0.349. The number of hydrogen-bond donors (Lipinski definition) is 0. The highest BCUT2D eigenvalue weighted by molar-refractivity contribution is 9.10. The zero-order valence-electron chi connectivity index (χ0n) is 10.9. The second-order valence-corrected chi connectivity index (χ2v) is 5.26. The molecule has 2 rings (SSSR count). The quantitative estimate of drug-likeness (QED) is 0.465. The first kappa shape index (κ1) is 14.5. The first-order valence-electron chi connectivity index (χ1n) is 6.29. The van der Waals surface area contributed by atoms with Gasteiger partial charge in [-0.3, -0.25) is 4.79 Å². The van der Waals surface area contributed by atoms with Crippen LogP contribution in [0.25, 0.3) is 0 Å². The Morgan fingerprint density at radius 2 is 1.45 bits per heavy atom. The van der Waals surface area contributed by atoms with Crippen LogP contribution in [0.15, 0.2) is 73.3 Å². The van der Waals surface area contributed by atoms with Crippen LogP contribution in [0.4, 0.5) is 0 Å². The van der Waals surface area contributed by atoms with E-state index in [0.29, 0.717) is 0 Å². The van der Waals surface area contributed by atoms with E-state index in [9.17, 15) is 4.79 Å². The lowest BCUT2D eigenvalue weighted by molar-refractivity contribution is -0.145. The van der Waals surface area contributed by atoms with Gasteiger partial charge in [0, 0.05) is 0 Å². The number of rotatable bonds is 5. The molecular weight excluding hydrogens is 316 g/mol. The van der Waals surface area contributed by atoms with Crippen molar-refractivity contribution in [2.75, 3.05) is 0 Å². The third-order valence-corrected chi connectivity index (χ3v) is 3.62. The summed E-state index contributed by atoms with van der Waals surface area (Å²) in [6.07, 6.45) is 1.10. The average molecular weight is 331 g/mol. The topological polar surface area (TPSA) is 26.3 Å². The van der Waals surface area contributed by atoms with Crippen molar-refractivity contribution in [3.63, 3.8) is 0 Å². The molecule has 0 N–H and O–H groups in total. The molecule has 0 amide bonds.